The fourth-order valence-corrected chi connectivity index (χ4v) is 2.95. The van der Waals surface area contributed by atoms with Gasteiger partial charge in [0.25, 0.3) is 0 Å². The molecule has 0 aromatic heterocycles. The van der Waals surface area contributed by atoms with E-state index in [1.165, 1.54) is 32.2 Å². The highest BCUT2D eigenvalue weighted by Crippen LogP contribution is 2.35. The van der Waals surface area contributed by atoms with Crippen LogP contribution in [0.4, 0.5) is 0 Å². The van der Waals surface area contributed by atoms with Crippen molar-refractivity contribution in [2.75, 3.05) is 6.54 Å². The molecule has 4 atom stereocenters. The summed E-state index contributed by atoms with van der Waals surface area (Å²) >= 11 is 0. The highest BCUT2D eigenvalue weighted by molar-refractivity contribution is 4.82. The summed E-state index contributed by atoms with van der Waals surface area (Å²) < 4.78 is 0. The Morgan fingerprint density at radius 2 is 2.00 bits per heavy atom. The van der Waals surface area contributed by atoms with Gasteiger partial charge in [0.05, 0.1) is 0 Å². The third kappa shape index (κ3) is 3.27. The number of nitrogens with one attached hydrogen (secondary N) is 1. The van der Waals surface area contributed by atoms with Gasteiger partial charge in [-0.25, -0.2) is 0 Å². The maximum atomic E-state index is 3.65. The first-order chi connectivity index (χ1) is 6.65. The van der Waals surface area contributed by atoms with Crippen LogP contribution in [0.2, 0.25) is 0 Å². The van der Waals surface area contributed by atoms with Crippen molar-refractivity contribution in [3.63, 3.8) is 0 Å². The van der Waals surface area contributed by atoms with Crippen molar-refractivity contribution in [3.05, 3.63) is 0 Å². The predicted octanol–water partition coefficient (Wildman–Crippen LogP) is 3.45. The van der Waals surface area contributed by atoms with Crippen LogP contribution < -0.4 is 5.32 Å². The lowest BCUT2D eigenvalue weighted by Crippen LogP contribution is -2.39. The van der Waals surface area contributed by atoms with Crippen LogP contribution in [-0.4, -0.2) is 12.6 Å². The second kappa shape index (κ2) is 5.75. The number of rotatable bonds is 4. The Morgan fingerprint density at radius 1 is 1.29 bits per heavy atom. The van der Waals surface area contributed by atoms with Gasteiger partial charge in [-0.1, -0.05) is 27.2 Å². The minimum absolute atomic E-state index is 0.720. The average Bonchev–Trinajstić information content (AvgIpc) is 2.14. The van der Waals surface area contributed by atoms with Crippen molar-refractivity contribution in [2.24, 2.45) is 17.8 Å². The van der Waals surface area contributed by atoms with Gasteiger partial charge in [0.15, 0.2) is 0 Å². The second-order valence-electron chi connectivity index (χ2n) is 5.30. The summed E-state index contributed by atoms with van der Waals surface area (Å²) in [7, 11) is 0. The standard InChI is InChI=1S/C13H27N/c1-5-8-14-12(4)13-7-6-10(2)9-11(13)3/h10-14H,5-9H2,1-4H3. The summed E-state index contributed by atoms with van der Waals surface area (Å²) in [6, 6.07) is 0.720. The molecule has 4 unspecified atom stereocenters. The molecule has 0 aromatic carbocycles. The molecule has 1 N–H and O–H groups in total. The molecule has 0 amide bonds. The van der Waals surface area contributed by atoms with Gasteiger partial charge >= 0.3 is 0 Å². The smallest absolute Gasteiger partial charge is 0.00695 e. The lowest BCUT2D eigenvalue weighted by atomic mass is 9.73. The summed E-state index contributed by atoms with van der Waals surface area (Å²) in [4.78, 5) is 0. The largest absolute Gasteiger partial charge is 0.314 e. The average molecular weight is 197 g/mol. The summed E-state index contributed by atoms with van der Waals surface area (Å²) in [5.41, 5.74) is 0. The van der Waals surface area contributed by atoms with Crippen LogP contribution in [0.1, 0.15) is 53.4 Å². The topological polar surface area (TPSA) is 12.0 Å². The summed E-state index contributed by atoms with van der Waals surface area (Å²) in [6.07, 6.45) is 5.55. The van der Waals surface area contributed by atoms with Crippen LogP contribution in [-0.2, 0) is 0 Å². The molecule has 1 fully saturated rings. The van der Waals surface area contributed by atoms with Gasteiger partial charge in [-0.05, 0) is 50.5 Å². The first-order valence-corrected chi connectivity index (χ1v) is 6.38. The Bertz CT molecular complexity index is 155. The van der Waals surface area contributed by atoms with Crippen molar-refractivity contribution in [2.45, 2.75) is 59.4 Å². The number of hydrogen-bond donors (Lipinski definition) is 1. The highest BCUT2D eigenvalue weighted by Gasteiger charge is 2.28. The Kier molecular flexibility index (Phi) is 4.94. The van der Waals surface area contributed by atoms with Crippen molar-refractivity contribution in [1.82, 2.24) is 5.32 Å². The Hall–Kier alpha value is -0.0400. The van der Waals surface area contributed by atoms with Crippen LogP contribution in [0.5, 0.6) is 0 Å². The van der Waals surface area contributed by atoms with E-state index < -0.39 is 0 Å². The Balaban J connectivity index is 2.35. The first-order valence-electron chi connectivity index (χ1n) is 6.38. The normalized spacial score (nSPS) is 35.6. The molecular weight excluding hydrogens is 170 g/mol. The molecule has 0 radical (unpaired) electrons. The van der Waals surface area contributed by atoms with Crippen molar-refractivity contribution >= 4 is 0 Å². The maximum absolute atomic E-state index is 3.65. The van der Waals surface area contributed by atoms with E-state index in [0.717, 1.165) is 23.8 Å². The van der Waals surface area contributed by atoms with Gasteiger partial charge < -0.3 is 5.32 Å². The van der Waals surface area contributed by atoms with Gasteiger partial charge in [0.1, 0.15) is 0 Å². The van der Waals surface area contributed by atoms with Gasteiger partial charge in [-0.3, -0.25) is 0 Å². The Morgan fingerprint density at radius 3 is 2.57 bits per heavy atom. The molecule has 0 heterocycles. The molecule has 1 heteroatoms. The minimum Gasteiger partial charge on any atom is -0.314 e. The van der Waals surface area contributed by atoms with E-state index in [9.17, 15) is 0 Å². The molecule has 1 nitrogen and oxygen atoms in total. The fraction of sp³-hybridized carbons (Fsp3) is 1.00. The molecule has 0 aliphatic heterocycles. The zero-order chi connectivity index (χ0) is 10.6. The third-order valence-electron chi connectivity index (χ3n) is 3.86. The maximum Gasteiger partial charge on any atom is 0.00695 e. The van der Waals surface area contributed by atoms with Gasteiger partial charge in [-0.2, -0.15) is 0 Å². The van der Waals surface area contributed by atoms with Crippen LogP contribution in [0.25, 0.3) is 0 Å². The van der Waals surface area contributed by atoms with Gasteiger partial charge in [0, 0.05) is 6.04 Å². The molecular formula is C13H27N. The van der Waals surface area contributed by atoms with Crippen molar-refractivity contribution < 1.29 is 0 Å². The first kappa shape index (κ1) is 12.0. The highest BCUT2D eigenvalue weighted by atomic mass is 14.9. The van der Waals surface area contributed by atoms with Crippen molar-refractivity contribution in [3.8, 4) is 0 Å². The van der Waals surface area contributed by atoms with Gasteiger partial charge in [0.2, 0.25) is 0 Å². The van der Waals surface area contributed by atoms with E-state index in [0.29, 0.717) is 0 Å². The Labute approximate surface area is 89.7 Å². The molecule has 1 rings (SSSR count). The van der Waals surface area contributed by atoms with E-state index in [1.807, 2.05) is 0 Å². The monoisotopic (exact) mass is 197 g/mol. The van der Waals surface area contributed by atoms with E-state index in [-0.39, 0.29) is 0 Å². The third-order valence-corrected chi connectivity index (χ3v) is 3.86. The zero-order valence-electron chi connectivity index (χ0n) is 10.3. The minimum atomic E-state index is 0.720. The van der Waals surface area contributed by atoms with E-state index in [4.69, 9.17) is 0 Å². The molecule has 1 aliphatic carbocycles. The molecule has 0 aromatic rings. The molecule has 1 aliphatic rings. The molecule has 84 valence electrons. The van der Waals surface area contributed by atoms with Crippen LogP contribution in [0.3, 0.4) is 0 Å². The summed E-state index contributed by atoms with van der Waals surface area (Å²) in [5, 5.41) is 3.65. The lowest BCUT2D eigenvalue weighted by molar-refractivity contribution is 0.166. The molecule has 0 spiro atoms. The van der Waals surface area contributed by atoms with Crippen molar-refractivity contribution in [1.29, 1.82) is 0 Å². The molecule has 1 saturated carbocycles. The van der Waals surface area contributed by atoms with E-state index >= 15 is 0 Å². The molecule has 0 saturated heterocycles. The second-order valence-corrected chi connectivity index (χ2v) is 5.30. The van der Waals surface area contributed by atoms with Crippen LogP contribution >= 0.6 is 0 Å². The van der Waals surface area contributed by atoms with E-state index in [1.54, 1.807) is 0 Å². The number of hydrogen-bond acceptors (Lipinski definition) is 1. The quantitative estimate of drug-likeness (QED) is 0.728. The van der Waals surface area contributed by atoms with Crippen LogP contribution in [0, 0.1) is 17.8 Å². The fourth-order valence-electron chi connectivity index (χ4n) is 2.95. The summed E-state index contributed by atoms with van der Waals surface area (Å²) in [6.45, 7) is 10.6. The summed E-state index contributed by atoms with van der Waals surface area (Å²) in [5.74, 6) is 2.79. The SMILES string of the molecule is CCCNC(C)C1CCC(C)CC1C. The van der Waals surface area contributed by atoms with Gasteiger partial charge in [-0.15, -0.1) is 0 Å². The predicted molar refractivity (Wildman–Crippen MR) is 63.4 cm³/mol. The van der Waals surface area contributed by atoms with Crippen LogP contribution in [0.15, 0.2) is 0 Å². The lowest BCUT2D eigenvalue weighted by Gasteiger charge is -2.36. The molecule has 14 heavy (non-hydrogen) atoms. The zero-order valence-corrected chi connectivity index (χ0v) is 10.3. The molecule has 0 bridgehead atoms. The van der Waals surface area contributed by atoms with E-state index in [2.05, 4.69) is 33.0 Å².